The van der Waals surface area contributed by atoms with Crippen molar-refractivity contribution in [3.8, 4) is 0 Å². The molecule has 1 heterocycles. The monoisotopic (exact) mass is 351 g/mol. The van der Waals surface area contributed by atoms with E-state index in [4.69, 9.17) is 0 Å². The molecule has 1 amide bonds. The first-order chi connectivity index (χ1) is 12.5. The van der Waals surface area contributed by atoms with Crippen LogP contribution in [0.5, 0.6) is 0 Å². The maximum Gasteiger partial charge on any atom is 0.273 e. The van der Waals surface area contributed by atoms with Crippen LogP contribution in [0.3, 0.4) is 0 Å². The number of rotatable bonds is 5. The maximum absolute atomic E-state index is 12.5. The Labute approximate surface area is 150 Å². The van der Waals surface area contributed by atoms with Gasteiger partial charge in [0.1, 0.15) is 0 Å². The molecular formula is C20H21N3O3. The molecule has 0 unspecified atom stereocenters. The zero-order chi connectivity index (χ0) is 18.7. The summed E-state index contributed by atoms with van der Waals surface area (Å²) in [5.41, 5.74) is 1.58. The molecule has 0 spiro atoms. The Kier molecular flexibility index (Phi) is 5.02. The smallest absolute Gasteiger partial charge is 0.273 e. The van der Waals surface area contributed by atoms with Gasteiger partial charge >= 0.3 is 0 Å². The minimum absolute atomic E-state index is 0.0887. The summed E-state index contributed by atoms with van der Waals surface area (Å²) in [5, 5.41) is 3.27. The Morgan fingerprint density at radius 2 is 1.69 bits per heavy atom. The number of aromatic amines is 1. The normalized spacial score (nSPS) is 10.8. The third-order valence-corrected chi connectivity index (χ3v) is 4.53. The van der Waals surface area contributed by atoms with E-state index in [0.29, 0.717) is 17.3 Å². The van der Waals surface area contributed by atoms with Crippen LogP contribution >= 0.6 is 0 Å². The predicted octanol–water partition coefficient (Wildman–Crippen LogP) is 2.05. The summed E-state index contributed by atoms with van der Waals surface area (Å²) in [7, 11) is 1.74. The molecule has 0 aliphatic rings. The molecule has 0 aliphatic carbocycles. The number of hydrogen-bond acceptors (Lipinski definition) is 3. The summed E-state index contributed by atoms with van der Waals surface area (Å²) in [4.78, 5) is 38.6. The third-order valence-electron chi connectivity index (χ3n) is 4.53. The lowest BCUT2D eigenvalue weighted by atomic mass is 10.1. The van der Waals surface area contributed by atoms with E-state index in [1.165, 1.54) is 4.68 Å². The van der Waals surface area contributed by atoms with Gasteiger partial charge in [-0.3, -0.25) is 19.5 Å². The van der Waals surface area contributed by atoms with Gasteiger partial charge in [-0.15, -0.1) is 0 Å². The molecule has 0 fully saturated rings. The van der Waals surface area contributed by atoms with Gasteiger partial charge in [0, 0.05) is 20.0 Å². The molecule has 0 bridgehead atoms. The molecular weight excluding hydrogens is 330 g/mol. The maximum atomic E-state index is 12.5. The molecule has 0 saturated carbocycles. The Morgan fingerprint density at radius 1 is 1.04 bits per heavy atom. The fourth-order valence-electron chi connectivity index (χ4n) is 2.93. The second kappa shape index (κ2) is 7.39. The van der Waals surface area contributed by atoms with Crippen molar-refractivity contribution in [1.82, 2.24) is 14.7 Å². The van der Waals surface area contributed by atoms with Crippen molar-refractivity contribution in [1.29, 1.82) is 0 Å². The number of aromatic nitrogens is 2. The number of carbonyl (C=O) groups is 1. The number of H-pyrrole nitrogens is 1. The molecule has 0 saturated heterocycles. The van der Waals surface area contributed by atoms with E-state index in [9.17, 15) is 14.4 Å². The summed E-state index contributed by atoms with van der Waals surface area (Å²) in [6.45, 7) is 2.65. The van der Waals surface area contributed by atoms with E-state index >= 15 is 0 Å². The minimum Gasteiger partial charge on any atom is -0.341 e. The molecule has 3 rings (SSSR count). The minimum atomic E-state index is -0.332. The SMILES string of the molecule is Cc1ccccc1CN(C)C(=O)CCn1[nH]c(=O)c2ccccc2c1=O. The molecule has 26 heavy (non-hydrogen) atoms. The number of fused-ring (bicyclic) bond motifs is 1. The zero-order valence-electron chi connectivity index (χ0n) is 14.9. The van der Waals surface area contributed by atoms with E-state index in [1.54, 1.807) is 36.2 Å². The van der Waals surface area contributed by atoms with Gasteiger partial charge in [0.2, 0.25) is 5.91 Å². The van der Waals surface area contributed by atoms with Crippen LogP contribution in [-0.4, -0.2) is 27.6 Å². The fourth-order valence-corrected chi connectivity index (χ4v) is 2.93. The van der Waals surface area contributed by atoms with E-state index in [2.05, 4.69) is 5.10 Å². The molecule has 6 heteroatoms. The predicted molar refractivity (Wildman–Crippen MR) is 101 cm³/mol. The highest BCUT2D eigenvalue weighted by Gasteiger charge is 2.12. The third kappa shape index (κ3) is 3.59. The fraction of sp³-hybridized carbons (Fsp3) is 0.250. The Bertz CT molecular complexity index is 1070. The summed E-state index contributed by atoms with van der Waals surface area (Å²) in [5.74, 6) is -0.0887. The standard InChI is InChI=1S/C20H21N3O3/c1-14-7-3-4-8-15(14)13-22(2)18(24)11-12-23-20(26)17-10-6-5-9-16(17)19(25)21-23/h3-10H,11-13H2,1-2H3,(H,21,25). The topological polar surface area (TPSA) is 75.2 Å². The van der Waals surface area contributed by atoms with Gasteiger partial charge in [-0.25, -0.2) is 4.68 Å². The lowest BCUT2D eigenvalue weighted by molar-refractivity contribution is -0.130. The van der Waals surface area contributed by atoms with Crippen molar-refractivity contribution in [2.24, 2.45) is 0 Å². The summed E-state index contributed by atoms with van der Waals surface area (Å²) in [6.07, 6.45) is 0.135. The van der Waals surface area contributed by atoms with Crippen molar-refractivity contribution in [2.45, 2.75) is 26.4 Å². The quantitative estimate of drug-likeness (QED) is 0.764. The van der Waals surface area contributed by atoms with Crippen molar-refractivity contribution in [3.05, 3.63) is 80.4 Å². The average Bonchev–Trinajstić information content (AvgIpc) is 2.65. The summed E-state index contributed by atoms with van der Waals surface area (Å²) >= 11 is 0. The molecule has 134 valence electrons. The lowest BCUT2D eigenvalue weighted by Crippen LogP contribution is -2.33. The van der Waals surface area contributed by atoms with Gasteiger partial charge in [-0.2, -0.15) is 0 Å². The van der Waals surface area contributed by atoms with Gasteiger partial charge in [0.05, 0.1) is 17.3 Å². The Morgan fingerprint density at radius 3 is 2.42 bits per heavy atom. The van der Waals surface area contributed by atoms with Gasteiger partial charge in [0.15, 0.2) is 0 Å². The van der Waals surface area contributed by atoms with Crippen LogP contribution in [0.2, 0.25) is 0 Å². The molecule has 1 aromatic heterocycles. The number of hydrogen-bond donors (Lipinski definition) is 1. The zero-order valence-corrected chi connectivity index (χ0v) is 14.9. The molecule has 0 atom stereocenters. The number of aryl methyl sites for hydroxylation is 2. The Balaban J connectivity index is 1.73. The molecule has 0 aliphatic heterocycles. The molecule has 0 radical (unpaired) electrons. The second-order valence-corrected chi connectivity index (χ2v) is 6.37. The Hall–Kier alpha value is -3.15. The number of nitrogens with one attached hydrogen (secondary N) is 1. The molecule has 3 aromatic rings. The van der Waals surface area contributed by atoms with Gasteiger partial charge < -0.3 is 4.90 Å². The van der Waals surface area contributed by atoms with Crippen LogP contribution in [0.4, 0.5) is 0 Å². The largest absolute Gasteiger partial charge is 0.341 e. The highest BCUT2D eigenvalue weighted by Crippen LogP contribution is 2.10. The number of carbonyl (C=O) groups excluding carboxylic acids is 1. The van der Waals surface area contributed by atoms with Crippen LogP contribution in [0.15, 0.2) is 58.1 Å². The van der Waals surface area contributed by atoms with Crippen LogP contribution < -0.4 is 11.1 Å². The van der Waals surface area contributed by atoms with E-state index < -0.39 is 0 Å². The van der Waals surface area contributed by atoms with Gasteiger partial charge in [-0.1, -0.05) is 36.4 Å². The van der Waals surface area contributed by atoms with E-state index in [-0.39, 0.29) is 30.0 Å². The second-order valence-electron chi connectivity index (χ2n) is 6.37. The molecule has 1 N–H and O–H groups in total. The van der Waals surface area contributed by atoms with Crippen molar-refractivity contribution < 1.29 is 4.79 Å². The van der Waals surface area contributed by atoms with Crippen LogP contribution in [0.25, 0.3) is 10.8 Å². The molecule has 2 aromatic carbocycles. The van der Waals surface area contributed by atoms with E-state index in [0.717, 1.165) is 11.1 Å². The first kappa shape index (κ1) is 17.7. The summed E-state index contributed by atoms with van der Waals surface area (Å²) < 4.78 is 1.21. The first-order valence-corrected chi connectivity index (χ1v) is 8.47. The lowest BCUT2D eigenvalue weighted by Gasteiger charge is -2.18. The average molecular weight is 351 g/mol. The number of nitrogens with zero attached hydrogens (tertiary/aromatic N) is 2. The summed E-state index contributed by atoms with van der Waals surface area (Å²) in [6, 6.07) is 14.6. The number of benzene rings is 2. The van der Waals surface area contributed by atoms with Crippen molar-refractivity contribution in [3.63, 3.8) is 0 Å². The van der Waals surface area contributed by atoms with Gasteiger partial charge in [0.25, 0.3) is 11.1 Å². The first-order valence-electron chi connectivity index (χ1n) is 8.47. The highest BCUT2D eigenvalue weighted by molar-refractivity contribution is 5.80. The highest BCUT2D eigenvalue weighted by atomic mass is 16.2. The molecule has 6 nitrogen and oxygen atoms in total. The van der Waals surface area contributed by atoms with Crippen LogP contribution in [0, 0.1) is 6.92 Å². The van der Waals surface area contributed by atoms with Crippen molar-refractivity contribution in [2.75, 3.05) is 7.05 Å². The number of amides is 1. The van der Waals surface area contributed by atoms with Gasteiger partial charge in [-0.05, 0) is 30.2 Å². The van der Waals surface area contributed by atoms with E-state index in [1.807, 2.05) is 31.2 Å². The van der Waals surface area contributed by atoms with Crippen molar-refractivity contribution >= 4 is 16.7 Å². The van der Waals surface area contributed by atoms with Crippen LogP contribution in [-0.2, 0) is 17.9 Å². The van der Waals surface area contributed by atoms with Crippen LogP contribution in [0.1, 0.15) is 17.5 Å².